The number of hydrogen-bond donors (Lipinski definition) is 1. The van der Waals surface area contributed by atoms with Gasteiger partial charge in [-0.05, 0) is 43.8 Å². The lowest BCUT2D eigenvalue weighted by atomic mass is 10.1. The third kappa shape index (κ3) is 2.68. The zero-order valence-electron chi connectivity index (χ0n) is 13.6. The van der Waals surface area contributed by atoms with Gasteiger partial charge in [0.2, 0.25) is 0 Å². The summed E-state index contributed by atoms with van der Waals surface area (Å²) >= 11 is 0. The summed E-state index contributed by atoms with van der Waals surface area (Å²) in [5, 5.41) is 1.22. The topological polar surface area (TPSA) is 48.1 Å². The molecule has 0 bridgehead atoms. The van der Waals surface area contributed by atoms with E-state index in [2.05, 4.69) is 58.0 Å². The molecule has 3 aromatic rings. The average Bonchev–Trinajstić information content (AvgIpc) is 3.10. The lowest BCUT2D eigenvalue weighted by Gasteiger charge is -2.34. The molecular weight excluding hydrogens is 286 g/mol. The minimum absolute atomic E-state index is 0.818. The molecule has 0 spiro atoms. The molecule has 3 heterocycles. The maximum absolute atomic E-state index is 4.76. The van der Waals surface area contributed by atoms with E-state index in [9.17, 15) is 0 Å². The fourth-order valence-electron chi connectivity index (χ4n) is 3.17. The number of piperazine rings is 1. The Morgan fingerprint density at radius 2 is 1.91 bits per heavy atom. The van der Waals surface area contributed by atoms with Gasteiger partial charge in [-0.1, -0.05) is 0 Å². The zero-order chi connectivity index (χ0) is 15.8. The maximum atomic E-state index is 4.76. The van der Waals surface area contributed by atoms with Crippen LogP contribution >= 0.6 is 0 Å². The first-order valence-electron chi connectivity index (χ1n) is 8.05. The predicted octanol–water partition coefficient (Wildman–Crippen LogP) is 2.69. The summed E-state index contributed by atoms with van der Waals surface area (Å²) in [5.41, 5.74) is 4.44. The fraction of sp³-hybridized carbons (Fsp3) is 0.333. The van der Waals surface area contributed by atoms with Crippen LogP contribution in [0.15, 0.2) is 36.7 Å². The number of fused-ring (bicyclic) bond motifs is 1. The Morgan fingerprint density at radius 1 is 1.09 bits per heavy atom. The summed E-state index contributed by atoms with van der Waals surface area (Å²) in [7, 11) is 2.18. The smallest absolute Gasteiger partial charge is 0.156 e. The van der Waals surface area contributed by atoms with Crippen LogP contribution in [0, 0.1) is 6.92 Å². The summed E-state index contributed by atoms with van der Waals surface area (Å²) in [6.45, 7) is 6.54. The van der Waals surface area contributed by atoms with Gasteiger partial charge in [-0.3, -0.25) is 0 Å². The predicted molar refractivity (Wildman–Crippen MR) is 93.8 cm³/mol. The molecule has 0 amide bonds. The van der Waals surface area contributed by atoms with Crippen LogP contribution in [0.5, 0.6) is 0 Å². The number of benzene rings is 1. The number of hydrogen-bond acceptors (Lipinski definition) is 4. The molecule has 2 aromatic heterocycles. The van der Waals surface area contributed by atoms with Crippen molar-refractivity contribution < 1.29 is 0 Å². The van der Waals surface area contributed by atoms with Gasteiger partial charge >= 0.3 is 0 Å². The highest BCUT2D eigenvalue weighted by Gasteiger charge is 2.15. The van der Waals surface area contributed by atoms with E-state index in [1.54, 1.807) is 6.20 Å². The van der Waals surface area contributed by atoms with Crippen LogP contribution in [0.4, 0.5) is 5.69 Å². The van der Waals surface area contributed by atoms with Crippen LogP contribution in [-0.2, 0) is 0 Å². The van der Waals surface area contributed by atoms with E-state index in [-0.39, 0.29) is 0 Å². The van der Waals surface area contributed by atoms with Crippen molar-refractivity contribution in [2.24, 2.45) is 0 Å². The first-order valence-corrected chi connectivity index (χ1v) is 8.05. The molecule has 4 rings (SSSR count). The van der Waals surface area contributed by atoms with Crippen LogP contribution in [0.3, 0.4) is 0 Å². The summed E-state index contributed by atoms with van der Waals surface area (Å²) in [5.74, 6) is 0.818. The monoisotopic (exact) mass is 307 g/mol. The van der Waals surface area contributed by atoms with Gasteiger partial charge in [0, 0.05) is 49.6 Å². The SMILES string of the molecule is Cc1cc(-c2ncc[nH]2)nc2ccc(N3CCN(C)CC3)cc12. The van der Waals surface area contributed by atoms with Crippen LogP contribution in [0.25, 0.3) is 22.4 Å². The number of rotatable bonds is 2. The highest BCUT2D eigenvalue weighted by Crippen LogP contribution is 2.27. The number of H-pyrrole nitrogens is 1. The molecule has 1 aromatic carbocycles. The summed E-state index contributed by atoms with van der Waals surface area (Å²) in [4.78, 5) is 17.0. The van der Waals surface area contributed by atoms with E-state index in [1.807, 2.05) is 6.20 Å². The molecule has 0 unspecified atom stereocenters. The lowest BCUT2D eigenvalue weighted by molar-refractivity contribution is 0.313. The standard InChI is InChI=1S/C18H21N5/c1-13-11-17(18-19-5-6-20-18)21-16-4-3-14(12-15(13)16)23-9-7-22(2)8-10-23/h3-6,11-12H,7-10H2,1-2H3,(H,19,20). The average molecular weight is 307 g/mol. The molecule has 1 aliphatic rings. The van der Waals surface area contributed by atoms with Crippen LogP contribution < -0.4 is 4.90 Å². The molecule has 0 atom stereocenters. The second-order valence-electron chi connectivity index (χ2n) is 6.25. The van der Waals surface area contributed by atoms with Crippen LogP contribution in [-0.4, -0.2) is 53.1 Å². The fourth-order valence-corrected chi connectivity index (χ4v) is 3.17. The van der Waals surface area contributed by atoms with E-state index in [1.165, 1.54) is 16.6 Å². The van der Waals surface area contributed by atoms with Crippen molar-refractivity contribution in [2.45, 2.75) is 6.92 Å². The maximum Gasteiger partial charge on any atom is 0.156 e. The number of aryl methyl sites for hydroxylation is 1. The Kier molecular flexibility index (Phi) is 3.50. The molecule has 118 valence electrons. The molecule has 0 radical (unpaired) electrons. The van der Waals surface area contributed by atoms with E-state index in [0.717, 1.165) is 43.2 Å². The number of pyridine rings is 1. The number of aromatic nitrogens is 3. The zero-order valence-corrected chi connectivity index (χ0v) is 13.6. The third-order valence-electron chi connectivity index (χ3n) is 4.61. The van der Waals surface area contributed by atoms with Gasteiger partial charge in [0.05, 0.1) is 5.52 Å². The highest BCUT2D eigenvalue weighted by atomic mass is 15.2. The Morgan fingerprint density at radius 3 is 2.65 bits per heavy atom. The van der Waals surface area contributed by atoms with Crippen molar-refractivity contribution in [1.29, 1.82) is 0 Å². The van der Waals surface area contributed by atoms with Crippen LogP contribution in [0.2, 0.25) is 0 Å². The largest absolute Gasteiger partial charge is 0.369 e. The number of nitrogens with one attached hydrogen (secondary N) is 1. The molecule has 0 aliphatic carbocycles. The molecule has 23 heavy (non-hydrogen) atoms. The number of imidazole rings is 1. The van der Waals surface area contributed by atoms with E-state index < -0.39 is 0 Å². The second-order valence-corrected chi connectivity index (χ2v) is 6.25. The second kappa shape index (κ2) is 5.66. The number of nitrogens with zero attached hydrogens (tertiary/aromatic N) is 4. The number of anilines is 1. The van der Waals surface area contributed by atoms with Gasteiger partial charge in [0.25, 0.3) is 0 Å². The Bertz CT molecular complexity index is 817. The van der Waals surface area contributed by atoms with Crippen molar-refractivity contribution in [3.05, 3.63) is 42.2 Å². The van der Waals surface area contributed by atoms with Gasteiger partial charge in [0.15, 0.2) is 5.82 Å². The first-order chi connectivity index (χ1) is 11.2. The van der Waals surface area contributed by atoms with E-state index in [4.69, 9.17) is 4.98 Å². The van der Waals surface area contributed by atoms with Gasteiger partial charge in [-0.25, -0.2) is 9.97 Å². The van der Waals surface area contributed by atoms with Crippen molar-refractivity contribution in [1.82, 2.24) is 19.9 Å². The number of aromatic amines is 1. The Hall–Kier alpha value is -2.40. The summed E-state index contributed by atoms with van der Waals surface area (Å²) in [6.07, 6.45) is 3.58. The normalized spacial score (nSPS) is 16.2. The first kappa shape index (κ1) is 14.2. The minimum Gasteiger partial charge on any atom is -0.369 e. The molecular formula is C18H21N5. The van der Waals surface area contributed by atoms with Crippen molar-refractivity contribution in [2.75, 3.05) is 38.1 Å². The van der Waals surface area contributed by atoms with Gasteiger partial charge in [0.1, 0.15) is 5.69 Å². The quantitative estimate of drug-likeness (QED) is 0.791. The van der Waals surface area contributed by atoms with Crippen LogP contribution in [0.1, 0.15) is 5.56 Å². The van der Waals surface area contributed by atoms with Gasteiger partial charge in [-0.15, -0.1) is 0 Å². The van der Waals surface area contributed by atoms with Crippen molar-refractivity contribution in [3.8, 4) is 11.5 Å². The molecule has 0 saturated carbocycles. The van der Waals surface area contributed by atoms with E-state index in [0.29, 0.717) is 0 Å². The number of likely N-dealkylation sites (N-methyl/N-ethyl adjacent to an activating group) is 1. The van der Waals surface area contributed by atoms with Gasteiger partial charge in [-0.2, -0.15) is 0 Å². The van der Waals surface area contributed by atoms with E-state index >= 15 is 0 Å². The Balaban J connectivity index is 1.72. The molecule has 1 aliphatic heterocycles. The third-order valence-corrected chi connectivity index (χ3v) is 4.61. The van der Waals surface area contributed by atoms with Crippen molar-refractivity contribution >= 4 is 16.6 Å². The molecule has 1 fully saturated rings. The lowest BCUT2D eigenvalue weighted by Crippen LogP contribution is -2.44. The Labute approximate surface area is 136 Å². The molecule has 5 heteroatoms. The minimum atomic E-state index is 0.818. The summed E-state index contributed by atoms with van der Waals surface area (Å²) < 4.78 is 0. The summed E-state index contributed by atoms with van der Waals surface area (Å²) in [6, 6.07) is 8.69. The van der Waals surface area contributed by atoms with Crippen molar-refractivity contribution in [3.63, 3.8) is 0 Å². The molecule has 1 saturated heterocycles. The highest BCUT2D eigenvalue weighted by molar-refractivity contribution is 5.87. The molecule has 5 nitrogen and oxygen atoms in total. The van der Waals surface area contributed by atoms with Gasteiger partial charge < -0.3 is 14.8 Å². The molecule has 1 N–H and O–H groups in total.